The van der Waals surface area contributed by atoms with Crippen LogP contribution >= 0.6 is 0 Å². The zero-order valence-corrected chi connectivity index (χ0v) is 36.9. The van der Waals surface area contributed by atoms with Crippen molar-refractivity contribution in [2.75, 3.05) is 9.80 Å². The minimum atomic E-state index is -0.138. The largest absolute Gasteiger partial charge is 0.310 e. The smallest absolute Gasteiger partial charge is 0.0626 e. The van der Waals surface area contributed by atoms with Gasteiger partial charge in [0, 0.05) is 61.3 Å². The topological polar surface area (TPSA) is 11.4 Å². The molecule has 1 aromatic heterocycles. The van der Waals surface area contributed by atoms with Gasteiger partial charge in [0.15, 0.2) is 0 Å². The van der Waals surface area contributed by atoms with E-state index in [1.54, 1.807) is 0 Å². The summed E-state index contributed by atoms with van der Waals surface area (Å²) >= 11 is 0. The van der Waals surface area contributed by atoms with Gasteiger partial charge in [0.05, 0.1) is 22.4 Å². The van der Waals surface area contributed by atoms with Crippen LogP contribution in [-0.4, -0.2) is 4.57 Å². The van der Waals surface area contributed by atoms with E-state index in [1.165, 1.54) is 71.9 Å². The maximum atomic E-state index is 2.50. The van der Waals surface area contributed by atoms with E-state index in [0.29, 0.717) is 0 Å². The Hall–Kier alpha value is -8.40. The molecule has 66 heavy (non-hydrogen) atoms. The first kappa shape index (κ1) is 38.1. The van der Waals surface area contributed by atoms with Crippen LogP contribution < -0.4 is 9.80 Å². The van der Waals surface area contributed by atoms with Gasteiger partial charge in [-0.15, -0.1) is 0 Å². The molecule has 3 nitrogen and oxygen atoms in total. The van der Waals surface area contributed by atoms with Crippen molar-refractivity contribution in [2.45, 2.75) is 19.3 Å². The summed E-state index contributed by atoms with van der Waals surface area (Å²) in [6.45, 7) is 4.73. The first-order chi connectivity index (χ1) is 32.5. The highest BCUT2D eigenvalue weighted by Gasteiger charge is 2.36. The monoisotopic (exact) mass is 843 g/mol. The van der Waals surface area contributed by atoms with Crippen molar-refractivity contribution in [3.8, 4) is 50.2 Å². The number of hydrogen-bond acceptors (Lipinski definition) is 2. The van der Waals surface area contributed by atoms with Crippen LogP contribution in [0.25, 0.3) is 72.0 Å². The molecule has 0 saturated heterocycles. The van der Waals surface area contributed by atoms with Gasteiger partial charge in [-0.25, -0.2) is 0 Å². The fourth-order valence-electron chi connectivity index (χ4n) is 11.1. The van der Waals surface area contributed by atoms with E-state index < -0.39 is 0 Å². The highest BCUT2D eigenvalue weighted by molar-refractivity contribution is 6.20. The molecule has 1 aliphatic carbocycles. The van der Waals surface area contributed by atoms with E-state index in [2.05, 4.69) is 265 Å². The van der Waals surface area contributed by atoms with E-state index in [4.69, 9.17) is 0 Å². The van der Waals surface area contributed by atoms with E-state index in [-0.39, 0.29) is 5.41 Å². The molecule has 312 valence electrons. The summed E-state index contributed by atoms with van der Waals surface area (Å²) < 4.78 is 2.50. The fourth-order valence-corrected chi connectivity index (χ4v) is 11.1. The third-order valence-corrected chi connectivity index (χ3v) is 14.1. The van der Waals surface area contributed by atoms with Gasteiger partial charge < -0.3 is 14.4 Å². The molecule has 0 amide bonds. The molecule has 0 unspecified atom stereocenters. The predicted molar refractivity (Wildman–Crippen MR) is 278 cm³/mol. The molecule has 11 aromatic rings. The van der Waals surface area contributed by atoms with Crippen LogP contribution in [-0.2, 0) is 5.41 Å². The summed E-state index contributed by atoms with van der Waals surface area (Å²) in [7, 11) is 0. The summed E-state index contributed by atoms with van der Waals surface area (Å²) in [4.78, 5) is 4.88. The van der Waals surface area contributed by atoms with Crippen molar-refractivity contribution in [3.05, 3.63) is 248 Å². The molecule has 0 bridgehead atoms. The Morgan fingerprint density at radius 1 is 0.364 bits per heavy atom. The van der Waals surface area contributed by atoms with Crippen LogP contribution in [0.1, 0.15) is 25.0 Å². The lowest BCUT2D eigenvalue weighted by Gasteiger charge is -2.28. The number of fused-ring (bicyclic) bond motifs is 12. The minimum absolute atomic E-state index is 0.138. The van der Waals surface area contributed by atoms with Crippen LogP contribution in [0, 0.1) is 0 Å². The normalized spacial score (nSPS) is 13.1. The fraction of sp³-hybridized carbons (Fsp3) is 0.0476. The Morgan fingerprint density at radius 3 is 1.64 bits per heavy atom. The molecule has 2 heterocycles. The SMILES string of the molecule is CC1(C)c2ccccc2-c2ccc(N(c3ccc(-c4ccccc4)cc3)c3ccc4c(c3)c3ccc5c(c3n4-c3ccccc3)-c3ccccc3N(c3ccccc3)c3ccccc3-5)cc21. The van der Waals surface area contributed by atoms with E-state index in [0.717, 1.165) is 45.3 Å². The van der Waals surface area contributed by atoms with Crippen molar-refractivity contribution in [3.63, 3.8) is 0 Å². The Kier molecular flexibility index (Phi) is 8.56. The third-order valence-electron chi connectivity index (χ3n) is 14.1. The molecule has 0 radical (unpaired) electrons. The van der Waals surface area contributed by atoms with Crippen LogP contribution in [0.15, 0.2) is 237 Å². The standard InChI is InChI=1S/C63H45N3/c1-63(2)56-27-15-12-24-49(56)50-36-34-48(41-57(50)63)64(46-32-30-43(31-33-46)42-18-6-3-7-19-42)47-35-39-60-55(40-47)53-38-37-52-51-25-13-16-28-58(51)65(44-20-8-4-9-21-44)59-29-17-14-26-54(59)61(52)62(53)66(60)45-22-10-5-11-23-45/h3-41H,1-2H3. The summed E-state index contributed by atoms with van der Waals surface area (Å²) in [5.74, 6) is 0. The van der Waals surface area contributed by atoms with E-state index in [9.17, 15) is 0 Å². The zero-order chi connectivity index (χ0) is 43.9. The summed E-state index contributed by atoms with van der Waals surface area (Å²) in [5, 5.41) is 2.41. The molecule has 2 aliphatic rings. The van der Waals surface area contributed by atoms with Gasteiger partial charge in [-0.3, -0.25) is 0 Å². The number of aromatic nitrogens is 1. The number of anilines is 6. The van der Waals surface area contributed by atoms with Crippen molar-refractivity contribution in [1.82, 2.24) is 4.57 Å². The molecular formula is C63H45N3. The van der Waals surface area contributed by atoms with Gasteiger partial charge in [0.25, 0.3) is 0 Å². The summed E-state index contributed by atoms with van der Waals surface area (Å²) in [5.41, 5.74) is 22.7. The van der Waals surface area contributed by atoms with Crippen molar-refractivity contribution in [1.29, 1.82) is 0 Å². The molecule has 0 atom stereocenters. The quantitative estimate of drug-likeness (QED) is 0.165. The van der Waals surface area contributed by atoms with Crippen molar-refractivity contribution < 1.29 is 0 Å². The van der Waals surface area contributed by atoms with Gasteiger partial charge in [0.1, 0.15) is 0 Å². The summed E-state index contributed by atoms with van der Waals surface area (Å²) in [6.07, 6.45) is 0. The highest BCUT2D eigenvalue weighted by atomic mass is 15.2. The maximum Gasteiger partial charge on any atom is 0.0626 e. The Morgan fingerprint density at radius 2 is 0.894 bits per heavy atom. The first-order valence-corrected chi connectivity index (χ1v) is 22.9. The molecule has 10 aromatic carbocycles. The Labute approximate surface area is 385 Å². The second kappa shape index (κ2) is 14.8. The summed E-state index contributed by atoms with van der Waals surface area (Å²) in [6, 6.07) is 87.0. The Bertz CT molecular complexity index is 3660. The van der Waals surface area contributed by atoms with Gasteiger partial charge in [-0.2, -0.15) is 0 Å². The van der Waals surface area contributed by atoms with Crippen molar-refractivity contribution in [2.24, 2.45) is 0 Å². The number of rotatable bonds is 6. The molecule has 0 fully saturated rings. The number of hydrogen-bond donors (Lipinski definition) is 0. The number of para-hydroxylation sites is 4. The van der Waals surface area contributed by atoms with Gasteiger partial charge in [0.2, 0.25) is 0 Å². The second-order valence-corrected chi connectivity index (χ2v) is 18.1. The lowest BCUT2D eigenvalue weighted by atomic mass is 9.82. The molecule has 0 N–H and O–H groups in total. The number of benzene rings is 10. The molecule has 0 spiro atoms. The van der Waals surface area contributed by atoms with Crippen LogP contribution in [0.4, 0.5) is 34.1 Å². The van der Waals surface area contributed by atoms with Gasteiger partial charge in [-0.05, 0) is 118 Å². The number of nitrogens with zero attached hydrogens (tertiary/aromatic N) is 3. The molecule has 0 saturated carbocycles. The van der Waals surface area contributed by atoms with E-state index >= 15 is 0 Å². The van der Waals surface area contributed by atoms with Crippen LogP contribution in [0.2, 0.25) is 0 Å². The minimum Gasteiger partial charge on any atom is -0.310 e. The Balaban J connectivity index is 1.07. The predicted octanol–water partition coefficient (Wildman–Crippen LogP) is 17.3. The van der Waals surface area contributed by atoms with Crippen molar-refractivity contribution >= 4 is 55.9 Å². The zero-order valence-electron chi connectivity index (χ0n) is 36.9. The average molecular weight is 844 g/mol. The second-order valence-electron chi connectivity index (χ2n) is 18.1. The lowest BCUT2D eigenvalue weighted by Crippen LogP contribution is -2.16. The first-order valence-electron chi connectivity index (χ1n) is 22.9. The molecule has 13 rings (SSSR count). The van der Waals surface area contributed by atoms with Gasteiger partial charge >= 0.3 is 0 Å². The highest BCUT2D eigenvalue weighted by Crippen LogP contribution is 2.55. The molecule has 3 heteroatoms. The lowest BCUT2D eigenvalue weighted by molar-refractivity contribution is 0.660. The average Bonchev–Trinajstić information content (AvgIpc) is 3.77. The molecule has 1 aliphatic heterocycles. The molecular weight excluding hydrogens is 799 g/mol. The van der Waals surface area contributed by atoms with Crippen LogP contribution in [0.3, 0.4) is 0 Å². The maximum absolute atomic E-state index is 2.50. The van der Waals surface area contributed by atoms with E-state index in [1.807, 2.05) is 0 Å². The van der Waals surface area contributed by atoms with Crippen LogP contribution in [0.5, 0.6) is 0 Å². The van der Waals surface area contributed by atoms with Gasteiger partial charge in [-0.1, -0.05) is 172 Å². The third kappa shape index (κ3) is 5.76.